The summed E-state index contributed by atoms with van der Waals surface area (Å²) in [5.74, 6) is -2.10. The van der Waals surface area contributed by atoms with E-state index in [0.717, 1.165) is 19.4 Å². The molecule has 1 aromatic rings. The number of carbonyl (C=O) groups is 1. The van der Waals surface area contributed by atoms with Gasteiger partial charge >= 0.3 is 5.97 Å². The molecule has 0 amide bonds. The molecule has 3 atom stereocenters. The maximum absolute atomic E-state index is 15.1. The molecule has 1 aromatic heterocycles. The summed E-state index contributed by atoms with van der Waals surface area (Å²) in [6, 6.07) is 2.24. The van der Waals surface area contributed by atoms with E-state index in [9.17, 15) is 15.2 Å². The highest BCUT2D eigenvalue weighted by molar-refractivity contribution is 5.70. The Morgan fingerprint density at radius 3 is 2.63 bits per heavy atom. The number of halogens is 2. The smallest absolute Gasteiger partial charge is 0.303 e. The molecule has 2 bridgehead atoms. The number of pyridine rings is 1. The fourth-order valence-corrected chi connectivity index (χ4v) is 5.95. The van der Waals surface area contributed by atoms with Crippen LogP contribution in [0.1, 0.15) is 55.7 Å². The number of aromatic nitrogens is 1. The summed E-state index contributed by atoms with van der Waals surface area (Å²) < 4.78 is 30.1. The van der Waals surface area contributed by atoms with Crippen LogP contribution in [0, 0.1) is 29.1 Å². The van der Waals surface area contributed by atoms with Crippen LogP contribution in [0.5, 0.6) is 0 Å². The molecule has 3 saturated heterocycles. The highest BCUT2D eigenvalue weighted by Crippen LogP contribution is 2.51. The van der Waals surface area contributed by atoms with E-state index in [1.807, 2.05) is 11.8 Å². The van der Waals surface area contributed by atoms with E-state index >= 15 is 8.78 Å². The van der Waals surface area contributed by atoms with Crippen molar-refractivity contribution in [1.29, 1.82) is 5.26 Å². The first-order valence-electron chi connectivity index (χ1n) is 10.9. The average Bonchev–Trinajstić information content (AvgIpc) is 2.70. The zero-order valence-electron chi connectivity index (χ0n) is 17.1. The minimum absolute atomic E-state index is 0.0379. The van der Waals surface area contributed by atoms with Crippen molar-refractivity contribution in [2.75, 3.05) is 29.4 Å². The molecule has 5 aliphatic rings. The normalized spacial score (nSPS) is 31.3. The summed E-state index contributed by atoms with van der Waals surface area (Å²) in [6.07, 6.45) is 2.78. The fourth-order valence-electron chi connectivity index (χ4n) is 5.95. The Morgan fingerprint density at radius 2 is 2.07 bits per heavy atom. The number of fused-ring (bicyclic) bond motifs is 3. The molecule has 0 spiro atoms. The number of carboxylic acid groups (broad SMARTS) is 1. The van der Waals surface area contributed by atoms with E-state index in [2.05, 4.69) is 11.0 Å². The minimum Gasteiger partial charge on any atom is -0.481 e. The molecule has 0 aromatic carbocycles. The summed E-state index contributed by atoms with van der Waals surface area (Å²) in [4.78, 5) is 20.1. The molecule has 6 rings (SSSR count). The lowest BCUT2D eigenvalue weighted by molar-refractivity contribution is -0.141. The summed E-state index contributed by atoms with van der Waals surface area (Å²) in [5, 5.41) is 19.0. The monoisotopic (exact) mass is 416 g/mol. The zero-order valence-corrected chi connectivity index (χ0v) is 17.1. The third-order valence-corrected chi connectivity index (χ3v) is 7.68. The van der Waals surface area contributed by atoms with Crippen LogP contribution in [-0.4, -0.2) is 41.7 Å². The van der Waals surface area contributed by atoms with E-state index < -0.39 is 11.9 Å². The number of anilines is 2. The standard InChI is InChI=1S/C22H26F2N4O2/c1-12-4-6-28(12)21-17(9-25)19-15(3-2-5-22(19,23)24)20(26-21)27-10-13-7-14(11-27)16(13)8-18(29)30/h12-14,16H,2-8,10-11H2,1H3,(H,29,30). The molecule has 3 aliphatic heterocycles. The summed E-state index contributed by atoms with van der Waals surface area (Å²) in [7, 11) is 0. The van der Waals surface area contributed by atoms with Crippen molar-refractivity contribution in [3.05, 3.63) is 16.7 Å². The number of piperidine rings is 2. The molecule has 1 N–H and O–H groups in total. The zero-order chi connectivity index (χ0) is 21.2. The van der Waals surface area contributed by atoms with Crippen molar-refractivity contribution in [3.8, 4) is 6.07 Å². The van der Waals surface area contributed by atoms with E-state index in [1.54, 1.807) is 0 Å². The molecule has 1 saturated carbocycles. The highest BCUT2D eigenvalue weighted by atomic mass is 19.3. The lowest BCUT2D eigenvalue weighted by Gasteiger charge is -2.54. The Bertz CT molecular complexity index is 932. The van der Waals surface area contributed by atoms with Crippen LogP contribution in [0.2, 0.25) is 0 Å². The number of hydrogen-bond acceptors (Lipinski definition) is 5. The molecular weight excluding hydrogens is 390 g/mol. The van der Waals surface area contributed by atoms with Crippen LogP contribution in [-0.2, 0) is 17.1 Å². The van der Waals surface area contributed by atoms with Crippen molar-refractivity contribution < 1.29 is 18.7 Å². The first-order valence-corrected chi connectivity index (χ1v) is 10.9. The third kappa shape index (κ3) is 2.85. The quantitative estimate of drug-likeness (QED) is 0.809. The van der Waals surface area contributed by atoms with Crippen molar-refractivity contribution in [1.82, 2.24) is 4.98 Å². The van der Waals surface area contributed by atoms with Crippen molar-refractivity contribution >= 4 is 17.6 Å². The van der Waals surface area contributed by atoms with Gasteiger partial charge in [0.05, 0.1) is 0 Å². The van der Waals surface area contributed by atoms with Crippen LogP contribution in [0.4, 0.5) is 20.4 Å². The second-order valence-electron chi connectivity index (χ2n) is 9.41. The summed E-state index contributed by atoms with van der Waals surface area (Å²) >= 11 is 0. The largest absolute Gasteiger partial charge is 0.481 e. The Balaban J connectivity index is 1.57. The van der Waals surface area contributed by atoms with Crippen molar-refractivity contribution in [2.24, 2.45) is 17.8 Å². The predicted octanol–water partition coefficient (Wildman–Crippen LogP) is 3.53. The maximum Gasteiger partial charge on any atom is 0.303 e. The Labute approximate surface area is 174 Å². The molecule has 6 nitrogen and oxygen atoms in total. The number of aliphatic carboxylic acids is 1. The molecule has 2 aliphatic carbocycles. The Hall–Kier alpha value is -2.43. The number of carboxylic acids is 1. The molecule has 4 fully saturated rings. The minimum atomic E-state index is -3.02. The van der Waals surface area contributed by atoms with Gasteiger partial charge in [0.25, 0.3) is 5.92 Å². The molecule has 3 unspecified atom stereocenters. The van der Waals surface area contributed by atoms with Crippen molar-refractivity contribution in [2.45, 2.75) is 57.4 Å². The van der Waals surface area contributed by atoms with Gasteiger partial charge in [0.1, 0.15) is 23.3 Å². The van der Waals surface area contributed by atoms with Gasteiger partial charge in [-0.3, -0.25) is 4.79 Å². The molecule has 0 radical (unpaired) electrons. The molecule has 160 valence electrons. The molecule has 4 heterocycles. The van der Waals surface area contributed by atoms with Crippen LogP contribution in [0.25, 0.3) is 0 Å². The number of nitrogens with zero attached hydrogens (tertiary/aromatic N) is 4. The van der Waals surface area contributed by atoms with Gasteiger partial charge in [-0.25, -0.2) is 13.8 Å². The van der Waals surface area contributed by atoms with E-state index in [0.29, 0.717) is 43.1 Å². The van der Waals surface area contributed by atoms with Crippen LogP contribution >= 0.6 is 0 Å². The van der Waals surface area contributed by atoms with Gasteiger partial charge in [0.2, 0.25) is 0 Å². The second kappa shape index (κ2) is 6.79. The average molecular weight is 416 g/mol. The fraction of sp³-hybridized carbons (Fsp3) is 0.682. The third-order valence-electron chi connectivity index (χ3n) is 7.68. The van der Waals surface area contributed by atoms with Gasteiger partial charge in [-0.2, -0.15) is 5.26 Å². The van der Waals surface area contributed by atoms with Crippen LogP contribution < -0.4 is 9.80 Å². The topological polar surface area (TPSA) is 80.5 Å². The number of hydrogen-bond donors (Lipinski definition) is 1. The summed E-state index contributed by atoms with van der Waals surface area (Å²) in [6.45, 7) is 4.05. The van der Waals surface area contributed by atoms with Crippen LogP contribution in [0.3, 0.4) is 0 Å². The number of nitriles is 1. The Kier molecular flexibility index (Phi) is 4.42. The molecule has 8 heteroatoms. The Morgan fingerprint density at radius 1 is 1.33 bits per heavy atom. The number of alkyl halides is 2. The number of rotatable bonds is 4. The molecular formula is C22H26F2N4O2. The van der Waals surface area contributed by atoms with E-state index in [-0.39, 0.29) is 47.8 Å². The SMILES string of the molecule is CC1CCN1c1nc(N2CC3CC(C2)C3CC(=O)O)c2c(c1C#N)C(F)(F)CCC2. The van der Waals surface area contributed by atoms with Crippen molar-refractivity contribution in [3.63, 3.8) is 0 Å². The van der Waals surface area contributed by atoms with E-state index in [1.165, 1.54) is 0 Å². The predicted molar refractivity (Wildman–Crippen MR) is 107 cm³/mol. The van der Waals surface area contributed by atoms with Gasteiger partial charge in [-0.1, -0.05) is 0 Å². The van der Waals surface area contributed by atoms with Gasteiger partial charge in [0.15, 0.2) is 0 Å². The lowest BCUT2D eigenvalue weighted by Crippen LogP contribution is -2.56. The maximum atomic E-state index is 15.1. The van der Waals surface area contributed by atoms with Crippen LogP contribution in [0.15, 0.2) is 0 Å². The second-order valence-corrected chi connectivity index (χ2v) is 9.41. The van der Waals surface area contributed by atoms with Gasteiger partial charge in [-0.05, 0) is 50.4 Å². The lowest BCUT2D eigenvalue weighted by atomic mass is 9.60. The first kappa shape index (κ1) is 19.5. The molecule has 30 heavy (non-hydrogen) atoms. The highest BCUT2D eigenvalue weighted by Gasteiger charge is 2.49. The van der Waals surface area contributed by atoms with E-state index in [4.69, 9.17) is 4.98 Å². The first-order chi connectivity index (χ1) is 14.3. The van der Waals surface area contributed by atoms with Gasteiger partial charge < -0.3 is 14.9 Å². The summed E-state index contributed by atoms with van der Waals surface area (Å²) in [5.41, 5.74) is 0.448. The van der Waals surface area contributed by atoms with Gasteiger partial charge in [-0.15, -0.1) is 0 Å². The van der Waals surface area contributed by atoms with Gasteiger partial charge in [0, 0.05) is 49.6 Å².